The first-order valence-electron chi connectivity index (χ1n) is 8.47. The van der Waals surface area contributed by atoms with Crippen molar-refractivity contribution in [3.8, 4) is 5.75 Å². The molecule has 0 saturated heterocycles. The maximum Gasteiger partial charge on any atom is 0.123 e. The second kappa shape index (κ2) is 6.60. The fourth-order valence-corrected chi connectivity index (χ4v) is 4.90. The number of alkyl halides is 1. The third-order valence-electron chi connectivity index (χ3n) is 5.68. The zero-order valence-corrected chi connectivity index (χ0v) is 14.0. The Morgan fingerprint density at radius 1 is 1.10 bits per heavy atom. The van der Waals surface area contributed by atoms with E-state index in [-0.39, 0.29) is 5.38 Å². The van der Waals surface area contributed by atoms with E-state index in [1.165, 1.54) is 56.1 Å². The Bertz CT molecular complexity index is 484. The van der Waals surface area contributed by atoms with Crippen molar-refractivity contribution in [1.29, 1.82) is 0 Å². The van der Waals surface area contributed by atoms with E-state index in [0.29, 0.717) is 5.92 Å². The van der Waals surface area contributed by atoms with Crippen LogP contribution in [0.5, 0.6) is 5.75 Å². The van der Waals surface area contributed by atoms with Crippen LogP contribution in [0.2, 0.25) is 0 Å². The lowest BCUT2D eigenvalue weighted by molar-refractivity contribution is 0.127. The normalized spacial score (nSPS) is 30.5. The molecule has 2 heteroatoms. The average Bonchev–Trinajstić information content (AvgIpc) is 2.53. The fourth-order valence-electron chi connectivity index (χ4n) is 4.50. The maximum absolute atomic E-state index is 6.89. The van der Waals surface area contributed by atoms with E-state index in [0.717, 1.165) is 17.6 Å². The molecule has 0 N–H and O–H groups in total. The molecule has 0 amide bonds. The largest absolute Gasteiger partial charge is 0.496 e. The summed E-state index contributed by atoms with van der Waals surface area (Å²) in [7, 11) is 1.75. The summed E-state index contributed by atoms with van der Waals surface area (Å²) in [6, 6.07) is 6.37. The van der Waals surface area contributed by atoms with Gasteiger partial charge in [0.2, 0.25) is 0 Å². The van der Waals surface area contributed by atoms with Crippen LogP contribution < -0.4 is 4.74 Å². The van der Waals surface area contributed by atoms with Gasteiger partial charge in [0, 0.05) is 5.56 Å². The Hall–Kier alpha value is -0.690. The van der Waals surface area contributed by atoms with Gasteiger partial charge in [0.05, 0.1) is 12.5 Å². The molecule has 4 atom stereocenters. The molecule has 1 nitrogen and oxygen atoms in total. The van der Waals surface area contributed by atoms with Gasteiger partial charge in [-0.3, -0.25) is 0 Å². The van der Waals surface area contributed by atoms with E-state index in [9.17, 15) is 0 Å². The monoisotopic (exact) mass is 306 g/mol. The summed E-state index contributed by atoms with van der Waals surface area (Å²) in [5.41, 5.74) is 2.46. The quantitative estimate of drug-likeness (QED) is 0.633. The summed E-state index contributed by atoms with van der Waals surface area (Å²) in [6.07, 6.45) is 9.74. The highest BCUT2D eigenvalue weighted by molar-refractivity contribution is 6.21. The number of hydrogen-bond donors (Lipinski definition) is 0. The van der Waals surface area contributed by atoms with Crippen LogP contribution in [0.25, 0.3) is 0 Å². The first-order chi connectivity index (χ1) is 10.2. The number of fused-ring (bicyclic) bond motifs is 1. The van der Waals surface area contributed by atoms with Crippen LogP contribution in [-0.4, -0.2) is 7.11 Å². The van der Waals surface area contributed by atoms with E-state index in [2.05, 4.69) is 25.1 Å². The summed E-state index contributed by atoms with van der Waals surface area (Å²) in [5.74, 6) is 3.47. The minimum atomic E-state index is 0.0997. The van der Waals surface area contributed by atoms with Gasteiger partial charge in [-0.15, -0.1) is 11.6 Å². The van der Waals surface area contributed by atoms with Crippen molar-refractivity contribution in [2.24, 2.45) is 17.8 Å². The molecule has 21 heavy (non-hydrogen) atoms. The predicted molar refractivity (Wildman–Crippen MR) is 89.1 cm³/mol. The number of halogens is 1. The Morgan fingerprint density at radius 2 is 1.86 bits per heavy atom. The van der Waals surface area contributed by atoms with E-state index >= 15 is 0 Å². The van der Waals surface area contributed by atoms with Crippen molar-refractivity contribution in [2.75, 3.05) is 7.11 Å². The highest BCUT2D eigenvalue weighted by Crippen LogP contribution is 2.49. The van der Waals surface area contributed by atoms with Crippen molar-refractivity contribution < 1.29 is 4.74 Å². The number of rotatable bonds is 3. The lowest BCUT2D eigenvalue weighted by Crippen LogP contribution is -2.29. The van der Waals surface area contributed by atoms with E-state index < -0.39 is 0 Å². The number of benzene rings is 1. The molecule has 0 spiro atoms. The van der Waals surface area contributed by atoms with Crippen LogP contribution in [0.15, 0.2) is 18.2 Å². The van der Waals surface area contributed by atoms with Gasteiger partial charge in [-0.2, -0.15) is 0 Å². The van der Waals surface area contributed by atoms with E-state index in [1.807, 2.05) is 0 Å². The molecular weight excluding hydrogens is 280 g/mol. The number of methoxy groups -OCH3 is 1. The average molecular weight is 307 g/mol. The number of ether oxygens (including phenoxy) is 1. The van der Waals surface area contributed by atoms with Gasteiger partial charge in [-0.05, 0) is 50.0 Å². The van der Waals surface area contributed by atoms with Crippen molar-refractivity contribution in [1.82, 2.24) is 0 Å². The highest BCUT2D eigenvalue weighted by Gasteiger charge is 2.36. The molecule has 1 aromatic rings. The molecule has 0 aliphatic heterocycles. The fraction of sp³-hybridized carbons (Fsp3) is 0.684. The molecule has 2 aliphatic rings. The summed E-state index contributed by atoms with van der Waals surface area (Å²) < 4.78 is 5.53. The van der Waals surface area contributed by atoms with Crippen LogP contribution in [0.3, 0.4) is 0 Å². The van der Waals surface area contributed by atoms with Gasteiger partial charge >= 0.3 is 0 Å². The predicted octanol–water partition coefficient (Wildman–Crippen LogP) is 5.89. The Balaban J connectivity index is 1.76. The zero-order valence-electron chi connectivity index (χ0n) is 13.3. The molecule has 4 unspecified atom stereocenters. The number of hydrogen-bond acceptors (Lipinski definition) is 1. The molecule has 0 radical (unpaired) electrons. The topological polar surface area (TPSA) is 9.23 Å². The Labute approximate surface area is 134 Å². The van der Waals surface area contributed by atoms with Gasteiger partial charge in [-0.1, -0.05) is 43.4 Å². The molecular formula is C19H27ClO. The first-order valence-corrected chi connectivity index (χ1v) is 8.91. The zero-order chi connectivity index (χ0) is 14.8. The Morgan fingerprint density at radius 3 is 2.62 bits per heavy atom. The van der Waals surface area contributed by atoms with Gasteiger partial charge in [0.25, 0.3) is 0 Å². The second-order valence-electron chi connectivity index (χ2n) is 7.02. The van der Waals surface area contributed by atoms with Crippen LogP contribution in [-0.2, 0) is 0 Å². The minimum Gasteiger partial charge on any atom is -0.496 e. The van der Waals surface area contributed by atoms with Crippen molar-refractivity contribution in [2.45, 2.75) is 57.2 Å². The highest BCUT2D eigenvalue weighted by atomic mass is 35.5. The molecule has 2 fully saturated rings. The SMILES string of the molecule is COc1ccc(C)cc1C(Cl)C1CCC2CCCCC2C1. The molecule has 0 heterocycles. The molecule has 2 aliphatic carbocycles. The molecule has 1 aromatic carbocycles. The molecule has 3 rings (SSSR count). The molecule has 0 aromatic heterocycles. The third-order valence-corrected chi connectivity index (χ3v) is 6.27. The lowest BCUT2D eigenvalue weighted by Gasteiger charge is -2.41. The standard InChI is InChI=1S/C19H27ClO/c1-13-7-10-18(21-2)17(11-13)19(20)16-9-8-14-5-3-4-6-15(14)12-16/h7,10-11,14-16,19H,3-6,8-9,12H2,1-2H3. The van der Waals surface area contributed by atoms with Crippen molar-refractivity contribution in [3.05, 3.63) is 29.3 Å². The molecule has 0 bridgehead atoms. The maximum atomic E-state index is 6.89. The minimum absolute atomic E-state index is 0.0997. The number of aryl methyl sites for hydroxylation is 1. The lowest BCUT2D eigenvalue weighted by atomic mass is 9.66. The van der Waals surface area contributed by atoms with Crippen LogP contribution >= 0.6 is 11.6 Å². The molecule has 116 valence electrons. The van der Waals surface area contributed by atoms with Crippen molar-refractivity contribution >= 4 is 11.6 Å². The van der Waals surface area contributed by atoms with Crippen LogP contribution in [0.1, 0.15) is 61.4 Å². The van der Waals surface area contributed by atoms with Gasteiger partial charge < -0.3 is 4.74 Å². The summed E-state index contributed by atoms with van der Waals surface area (Å²) in [5, 5.41) is 0.0997. The van der Waals surface area contributed by atoms with Gasteiger partial charge in [-0.25, -0.2) is 0 Å². The smallest absolute Gasteiger partial charge is 0.123 e. The van der Waals surface area contributed by atoms with Crippen LogP contribution in [0, 0.1) is 24.7 Å². The summed E-state index contributed by atoms with van der Waals surface area (Å²) in [4.78, 5) is 0. The summed E-state index contributed by atoms with van der Waals surface area (Å²) >= 11 is 6.89. The van der Waals surface area contributed by atoms with Gasteiger partial charge in [0.1, 0.15) is 5.75 Å². The van der Waals surface area contributed by atoms with Gasteiger partial charge in [0.15, 0.2) is 0 Å². The molecule has 2 saturated carbocycles. The first kappa shape index (κ1) is 15.2. The Kier molecular flexibility index (Phi) is 4.78. The third kappa shape index (κ3) is 3.23. The van der Waals surface area contributed by atoms with E-state index in [1.54, 1.807) is 7.11 Å². The second-order valence-corrected chi connectivity index (χ2v) is 7.50. The van der Waals surface area contributed by atoms with Crippen LogP contribution in [0.4, 0.5) is 0 Å². The summed E-state index contributed by atoms with van der Waals surface area (Å²) in [6.45, 7) is 2.13. The van der Waals surface area contributed by atoms with Crippen molar-refractivity contribution in [3.63, 3.8) is 0 Å². The van der Waals surface area contributed by atoms with E-state index in [4.69, 9.17) is 16.3 Å².